The highest BCUT2D eigenvalue weighted by Gasteiger charge is 2.30. The first-order valence-corrected chi connectivity index (χ1v) is 21.4. The van der Waals surface area contributed by atoms with Crippen molar-refractivity contribution in [1.29, 1.82) is 0 Å². The van der Waals surface area contributed by atoms with Crippen LogP contribution in [-0.4, -0.2) is 58.1 Å². The van der Waals surface area contributed by atoms with Gasteiger partial charge in [-0.25, -0.2) is 4.58 Å². The zero-order valence-electron chi connectivity index (χ0n) is 35.2. The summed E-state index contributed by atoms with van der Waals surface area (Å²) in [6, 6.07) is 8.74. The van der Waals surface area contributed by atoms with Crippen LogP contribution < -0.4 is 0 Å². The van der Waals surface area contributed by atoms with Crippen LogP contribution in [0.1, 0.15) is 192 Å². The summed E-state index contributed by atoms with van der Waals surface area (Å²) in [6.07, 6.45) is 23.6. The Labute approximate surface area is 323 Å². The molecule has 2 fully saturated rings. The van der Waals surface area contributed by atoms with Gasteiger partial charge in [0.1, 0.15) is 24.6 Å². The maximum atomic E-state index is 11.7. The van der Waals surface area contributed by atoms with Crippen molar-refractivity contribution in [1.82, 2.24) is 0 Å². The second-order valence-electron chi connectivity index (χ2n) is 19.8. The van der Waals surface area contributed by atoms with Crippen molar-refractivity contribution in [3.05, 3.63) is 57.6 Å². The van der Waals surface area contributed by atoms with E-state index in [2.05, 4.69) is 91.2 Å². The summed E-state index contributed by atoms with van der Waals surface area (Å²) in [5, 5.41) is 23.0. The number of nitrogens with zero attached hydrogens (tertiary/aromatic N) is 3. The third kappa shape index (κ3) is 11.1. The van der Waals surface area contributed by atoms with Crippen molar-refractivity contribution >= 4 is 18.1 Å². The number of phenolic OH excluding ortho intramolecular Hbond substituents is 2. The number of phenols is 2. The summed E-state index contributed by atoms with van der Waals surface area (Å²) in [6.45, 7) is 22.3. The molecule has 5 heteroatoms. The first-order chi connectivity index (χ1) is 25.0. The van der Waals surface area contributed by atoms with Gasteiger partial charge in [-0.3, -0.25) is 9.98 Å². The molecule has 2 saturated carbocycles. The van der Waals surface area contributed by atoms with Crippen LogP contribution in [0.5, 0.6) is 11.5 Å². The molecule has 3 atom stereocenters. The fourth-order valence-corrected chi connectivity index (χ4v) is 8.86. The zero-order chi connectivity index (χ0) is 38.4. The molecule has 2 aromatic rings. The molecule has 0 spiro atoms. The summed E-state index contributed by atoms with van der Waals surface area (Å²) >= 11 is 0. The highest BCUT2D eigenvalue weighted by Crippen LogP contribution is 2.38. The van der Waals surface area contributed by atoms with Gasteiger partial charge in [0.2, 0.25) is 0 Å². The lowest BCUT2D eigenvalue weighted by Crippen LogP contribution is -2.34. The Morgan fingerprint density at radius 2 is 1.17 bits per heavy atom. The number of aryl methyl sites for hydroxylation is 1. The molecule has 2 aromatic carbocycles. The molecule has 1 aliphatic heterocycles. The second kappa shape index (κ2) is 17.7. The van der Waals surface area contributed by atoms with Gasteiger partial charge in [-0.05, 0) is 90.0 Å². The molecule has 0 aromatic heterocycles. The molecule has 5 nitrogen and oxygen atoms in total. The van der Waals surface area contributed by atoms with E-state index in [1.54, 1.807) is 5.71 Å². The van der Waals surface area contributed by atoms with Crippen LogP contribution in [0.3, 0.4) is 0 Å². The molecule has 3 aliphatic rings. The Kier molecular flexibility index (Phi) is 13.7. The third-order valence-corrected chi connectivity index (χ3v) is 12.4. The molecule has 1 heterocycles. The van der Waals surface area contributed by atoms with E-state index in [0.717, 1.165) is 79.7 Å². The molecular weight excluding hydrogens is 651 g/mol. The summed E-state index contributed by atoms with van der Waals surface area (Å²) in [4.78, 5) is 10.3. The number of hydrogen-bond donors (Lipinski definition) is 2. The largest absolute Gasteiger partial charge is 0.507 e. The van der Waals surface area contributed by atoms with E-state index in [9.17, 15) is 10.2 Å². The van der Waals surface area contributed by atoms with Gasteiger partial charge in [0.25, 0.3) is 0 Å². The number of aromatic hydroxyl groups is 2. The van der Waals surface area contributed by atoms with Gasteiger partial charge < -0.3 is 10.2 Å². The van der Waals surface area contributed by atoms with E-state index >= 15 is 0 Å². The van der Waals surface area contributed by atoms with Crippen LogP contribution in [0, 0.1) is 5.92 Å². The lowest BCUT2D eigenvalue weighted by atomic mass is 9.79. The first-order valence-electron chi connectivity index (χ1n) is 21.4. The zero-order valence-corrected chi connectivity index (χ0v) is 35.2. The lowest BCUT2D eigenvalue weighted by Gasteiger charge is -2.28. The van der Waals surface area contributed by atoms with Crippen molar-refractivity contribution in [3.63, 3.8) is 0 Å². The fourth-order valence-electron chi connectivity index (χ4n) is 8.86. The number of rotatable bonds is 9. The lowest BCUT2D eigenvalue weighted by molar-refractivity contribution is -0.537. The van der Waals surface area contributed by atoms with Crippen molar-refractivity contribution in [2.24, 2.45) is 15.9 Å². The molecule has 2 aliphatic carbocycles. The molecule has 0 bridgehead atoms. The summed E-state index contributed by atoms with van der Waals surface area (Å²) < 4.78 is 2.76. The monoisotopic (exact) mass is 725 g/mol. The van der Waals surface area contributed by atoms with E-state index in [-0.39, 0.29) is 28.3 Å². The first kappa shape index (κ1) is 41.2. The molecule has 0 amide bonds. The van der Waals surface area contributed by atoms with E-state index < -0.39 is 0 Å². The highest BCUT2D eigenvalue weighted by molar-refractivity contribution is 5.86. The number of benzene rings is 2. The van der Waals surface area contributed by atoms with Crippen LogP contribution >= 0.6 is 0 Å². The van der Waals surface area contributed by atoms with Gasteiger partial charge >= 0.3 is 0 Å². The summed E-state index contributed by atoms with van der Waals surface area (Å²) in [5.41, 5.74) is 7.58. The van der Waals surface area contributed by atoms with Crippen LogP contribution in [0.15, 0.2) is 34.3 Å². The number of unbranched alkanes of at least 4 members (excludes halogenated alkanes) is 1. The predicted molar refractivity (Wildman–Crippen MR) is 227 cm³/mol. The predicted octanol–water partition coefficient (Wildman–Crippen LogP) is 11.8. The molecule has 5 rings (SSSR count). The van der Waals surface area contributed by atoms with Crippen LogP contribution in [-0.2, 0) is 22.7 Å². The van der Waals surface area contributed by atoms with E-state index in [4.69, 9.17) is 9.98 Å². The molecule has 0 saturated heterocycles. The normalized spacial score (nSPS) is 22.5. The fraction of sp³-hybridized carbons (Fsp3) is 0.688. The SMILES string of the molecule is CC(C)(C)c1cc(C=NC2CCCCC2N=Cc2cc(C(C)(C)C)cc(C(C)(C)C)c2O)c(O)c(CCCC[N+]2=C3CCCCCCCC3CCC2)c1. The molecule has 53 heavy (non-hydrogen) atoms. The average molecular weight is 725 g/mol. The maximum Gasteiger partial charge on any atom is 0.155 e. The second-order valence-corrected chi connectivity index (χ2v) is 19.8. The Morgan fingerprint density at radius 1 is 0.623 bits per heavy atom. The van der Waals surface area contributed by atoms with E-state index in [0.29, 0.717) is 11.5 Å². The van der Waals surface area contributed by atoms with Gasteiger partial charge in [0, 0.05) is 54.3 Å². The minimum atomic E-state index is -0.183. The number of fused-ring (bicyclic) bond motifs is 1. The number of hydrogen-bond acceptors (Lipinski definition) is 4. The minimum Gasteiger partial charge on any atom is -0.507 e. The van der Waals surface area contributed by atoms with Crippen LogP contribution in [0.25, 0.3) is 0 Å². The van der Waals surface area contributed by atoms with E-state index in [1.165, 1.54) is 75.5 Å². The summed E-state index contributed by atoms with van der Waals surface area (Å²) in [7, 11) is 0. The number of aliphatic imine (C=N–C) groups is 2. The molecule has 0 radical (unpaired) electrons. The van der Waals surface area contributed by atoms with Gasteiger partial charge in [-0.15, -0.1) is 0 Å². The Morgan fingerprint density at radius 3 is 1.79 bits per heavy atom. The molecular formula is C48H74N3O2+. The third-order valence-electron chi connectivity index (χ3n) is 12.4. The van der Waals surface area contributed by atoms with Gasteiger partial charge in [-0.1, -0.05) is 113 Å². The molecule has 3 unspecified atom stereocenters. The van der Waals surface area contributed by atoms with Gasteiger partial charge in [0.15, 0.2) is 5.71 Å². The van der Waals surface area contributed by atoms with Crippen molar-refractivity contribution in [2.75, 3.05) is 13.1 Å². The van der Waals surface area contributed by atoms with Gasteiger partial charge in [0.05, 0.1) is 12.1 Å². The quantitative estimate of drug-likeness (QED) is 0.154. The summed E-state index contributed by atoms with van der Waals surface area (Å²) in [5.74, 6) is 1.54. The van der Waals surface area contributed by atoms with Crippen molar-refractivity contribution < 1.29 is 14.8 Å². The molecule has 292 valence electrons. The van der Waals surface area contributed by atoms with Gasteiger partial charge in [-0.2, -0.15) is 0 Å². The topological polar surface area (TPSA) is 68.2 Å². The van der Waals surface area contributed by atoms with Crippen molar-refractivity contribution in [3.8, 4) is 11.5 Å². The molecule has 2 N–H and O–H groups in total. The average Bonchev–Trinajstić information content (AvgIpc) is 3.21. The smallest absolute Gasteiger partial charge is 0.155 e. The van der Waals surface area contributed by atoms with Crippen molar-refractivity contribution in [2.45, 2.75) is 193 Å². The minimum absolute atomic E-state index is 0.0332. The van der Waals surface area contributed by atoms with E-state index in [1.807, 2.05) is 12.4 Å². The highest BCUT2D eigenvalue weighted by atomic mass is 16.3. The Balaban J connectivity index is 1.33. The standard InChI is InChI=1S/C48H73N3O2/c1-46(2,3)38-28-35(21-17-18-26-51-27-19-22-34-20-13-11-10-12-14-25-43(34)51)44(52)36(29-38)32-49-41-23-15-16-24-42(41)50-33-37-30-39(47(4,5)6)31-40(45(37)53)48(7,8)9/h28-34,41-42H,10-27H2,1-9H3,(H-,49,50,52,53)/p+1. The van der Waals surface area contributed by atoms with Crippen LogP contribution in [0.2, 0.25) is 0 Å². The van der Waals surface area contributed by atoms with Crippen LogP contribution in [0.4, 0.5) is 0 Å². The Bertz CT molecular complexity index is 1630. The Hall–Kier alpha value is -2.95. The maximum absolute atomic E-state index is 11.7.